The molecule has 0 atom stereocenters. The van der Waals surface area contributed by atoms with Gasteiger partial charge in [-0.25, -0.2) is 4.79 Å². The predicted octanol–water partition coefficient (Wildman–Crippen LogP) is 1.47. The second-order valence-electron chi connectivity index (χ2n) is 2.35. The summed E-state index contributed by atoms with van der Waals surface area (Å²) >= 11 is 0. The maximum atomic E-state index is 10.7. The molecule has 1 aromatic heterocycles. The van der Waals surface area contributed by atoms with Crippen molar-refractivity contribution in [2.75, 3.05) is 6.54 Å². The highest BCUT2D eigenvalue weighted by atomic mass is 31.0. The lowest BCUT2D eigenvalue weighted by molar-refractivity contribution is 0.0701. The molecule has 4 heteroatoms. The number of hydrogen-bond acceptors (Lipinski definition) is 2. The van der Waals surface area contributed by atoms with Gasteiger partial charge in [-0.05, 0) is 24.3 Å². The lowest BCUT2D eigenvalue weighted by atomic mass is 10.2. The minimum atomic E-state index is -0.847. The standard InChI is InChI=1S/C8H10NO2P/c9-4-3-6-2-1-5-12-7(6)8(10)11/h1-2,5H,3-4,9H2,(H,10,11). The minimum absolute atomic E-state index is 0.447. The van der Waals surface area contributed by atoms with E-state index in [1.165, 1.54) is 0 Å². The van der Waals surface area contributed by atoms with Crippen molar-refractivity contribution < 1.29 is 9.90 Å². The van der Waals surface area contributed by atoms with Crippen LogP contribution in [0.4, 0.5) is 0 Å². The summed E-state index contributed by atoms with van der Waals surface area (Å²) in [6.45, 7) is 0.492. The molecule has 1 aromatic rings. The van der Waals surface area contributed by atoms with Crippen LogP contribution in [0.5, 0.6) is 0 Å². The topological polar surface area (TPSA) is 63.3 Å². The van der Waals surface area contributed by atoms with E-state index >= 15 is 0 Å². The lowest BCUT2D eigenvalue weighted by Crippen LogP contribution is -2.06. The average molecular weight is 183 g/mol. The molecule has 1 rings (SSSR count). The van der Waals surface area contributed by atoms with Gasteiger partial charge in [0.25, 0.3) is 0 Å². The Labute approximate surface area is 72.3 Å². The fourth-order valence-corrected chi connectivity index (χ4v) is 1.77. The Morgan fingerprint density at radius 2 is 2.42 bits per heavy atom. The molecule has 0 bridgehead atoms. The lowest BCUT2D eigenvalue weighted by Gasteiger charge is -2.01. The van der Waals surface area contributed by atoms with Gasteiger partial charge in [0.05, 0.1) is 5.30 Å². The number of rotatable bonds is 3. The van der Waals surface area contributed by atoms with Gasteiger partial charge in [-0.1, -0.05) is 20.3 Å². The zero-order chi connectivity index (χ0) is 8.97. The Balaban J connectivity index is 3.00. The highest BCUT2D eigenvalue weighted by Crippen LogP contribution is 2.18. The third-order valence-electron chi connectivity index (χ3n) is 1.51. The molecule has 0 fully saturated rings. The number of nitrogens with two attached hydrogens (primary N) is 1. The first-order valence-electron chi connectivity index (χ1n) is 3.63. The fraction of sp³-hybridized carbons (Fsp3) is 0.250. The van der Waals surface area contributed by atoms with Crippen molar-refractivity contribution in [2.45, 2.75) is 6.42 Å². The predicted molar refractivity (Wildman–Crippen MR) is 48.7 cm³/mol. The molecule has 3 N–H and O–H groups in total. The third kappa shape index (κ3) is 2.03. The van der Waals surface area contributed by atoms with Gasteiger partial charge >= 0.3 is 5.97 Å². The number of carbonyl (C=O) groups is 1. The van der Waals surface area contributed by atoms with Crippen LogP contribution in [0.25, 0.3) is 0 Å². The minimum Gasteiger partial charge on any atom is -0.477 e. The van der Waals surface area contributed by atoms with Crippen molar-refractivity contribution in [2.24, 2.45) is 5.73 Å². The first-order chi connectivity index (χ1) is 5.75. The Kier molecular flexibility index (Phi) is 3.20. The van der Waals surface area contributed by atoms with Gasteiger partial charge in [0.1, 0.15) is 0 Å². The van der Waals surface area contributed by atoms with Crippen molar-refractivity contribution in [3.63, 3.8) is 0 Å². The van der Waals surface area contributed by atoms with E-state index in [1.807, 2.05) is 17.9 Å². The van der Waals surface area contributed by atoms with Crippen molar-refractivity contribution >= 4 is 14.2 Å². The van der Waals surface area contributed by atoms with Gasteiger partial charge in [-0.15, -0.1) is 0 Å². The van der Waals surface area contributed by atoms with Gasteiger partial charge in [-0.3, -0.25) is 0 Å². The van der Waals surface area contributed by atoms with Crippen molar-refractivity contribution in [3.05, 3.63) is 28.8 Å². The SMILES string of the molecule is NCCc1cccpc1C(=O)O. The summed E-state index contributed by atoms with van der Waals surface area (Å²) in [6.07, 6.45) is 0.638. The summed E-state index contributed by atoms with van der Waals surface area (Å²) in [6, 6.07) is 3.67. The molecule has 0 saturated carbocycles. The van der Waals surface area contributed by atoms with E-state index < -0.39 is 5.97 Å². The molecule has 3 nitrogen and oxygen atoms in total. The molecular formula is C8H10NO2P. The van der Waals surface area contributed by atoms with Crippen molar-refractivity contribution in [1.29, 1.82) is 0 Å². The van der Waals surface area contributed by atoms with E-state index in [9.17, 15) is 4.79 Å². The average Bonchev–Trinajstić information content (AvgIpc) is 2.05. The summed E-state index contributed by atoms with van der Waals surface area (Å²) in [7, 11) is 0.754. The number of hydrogen-bond donors (Lipinski definition) is 2. The zero-order valence-corrected chi connectivity index (χ0v) is 7.42. The summed E-state index contributed by atoms with van der Waals surface area (Å²) in [5.74, 6) is 0.962. The quantitative estimate of drug-likeness (QED) is 0.745. The van der Waals surface area contributed by atoms with E-state index in [0.29, 0.717) is 18.3 Å². The second kappa shape index (κ2) is 4.19. The molecule has 0 spiro atoms. The van der Waals surface area contributed by atoms with Crippen molar-refractivity contribution in [1.82, 2.24) is 0 Å². The van der Waals surface area contributed by atoms with Crippen LogP contribution in [0, 0.1) is 0 Å². The summed E-state index contributed by atoms with van der Waals surface area (Å²) in [5.41, 5.74) is 6.19. The Morgan fingerprint density at radius 1 is 1.67 bits per heavy atom. The number of carboxylic acid groups (broad SMARTS) is 1. The molecule has 0 aliphatic rings. The fourth-order valence-electron chi connectivity index (χ4n) is 0.988. The van der Waals surface area contributed by atoms with Crippen LogP contribution in [0.2, 0.25) is 0 Å². The maximum absolute atomic E-state index is 10.7. The summed E-state index contributed by atoms with van der Waals surface area (Å²) < 4.78 is 0. The van der Waals surface area contributed by atoms with E-state index in [2.05, 4.69) is 0 Å². The number of carboxylic acids is 1. The Bertz CT molecular complexity index is 288. The van der Waals surface area contributed by atoms with Crippen LogP contribution in [0.3, 0.4) is 0 Å². The molecule has 1 heterocycles. The smallest absolute Gasteiger partial charge is 0.340 e. The molecule has 0 amide bonds. The summed E-state index contributed by atoms with van der Waals surface area (Å²) in [4.78, 5) is 10.7. The van der Waals surface area contributed by atoms with Gasteiger partial charge < -0.3 is 10.8 Å². The molecule has 0 aliphatic carbocycles. The van der Waals surface area contributed by atoms with E-state index in [4.69, 9.17) is 10.8 Å². The molecule has 0 aliphatic heterocycles. The second-order valence-corrected chi connectivity index (χ2v) is 3.36. The van der Waals surface area contributed by atoms with Gasteiger partial charge in [0.15, 0.2) is 0 Å². The van der Waals surface area contributed by atoms with Gasteiger partial charge in [0.2, 0.25) is 0 Å². The molecule has 0 radical (unpaired) electrons. The van der Waals surface area contributed by atoms with Crippen LogP contribution in [-0.4, -0.2) is 17.6 Å². The van der Waals surface area contributed by atoms with Gasteiger partial charge in [0, 0.05) is 0 Å². The van der Waals surface area contributed by atoms with Crippen LogP contribution in [-0.2, 0) is 6.42 Å². The van der Waals surface area contributed by atoms with Gasteiger partial charge in [-0.2, -0.15) is 0 Å². The van der Waals surface area contributed by atoms with Crippen LogP contribution < -0.4 is 5.73 Å². The largest absolute Gasteiger partial charge is 0.477 e. The molecule has 0 saturated heterocycles. The molecular weight excluding hydrogens is 173 g/mol. The molecule has 0 unspecified atom stereocenters. The molecule has 64 valence electrons. The van der Waals surface area contributed by atoms with E-state index in [1.54, 1.807) is 0 Å². The highest BCUT2D eigenvalue weighted by Gasteiger charge is 2.07. The Hall–Kier alpha value is -0.920. The third-order valence-corrected chi connectivity index (χ3v) is 2.57. The van der Waals surface area contributed by atoms with Crippen molar-refractivity contribution in [3.8, 4) is 0 Å². The first-order valence-corrected chi connectivity index (χ1v) is 4.59. The molecule has 12 heavy (non-hydrogen) atoms. The zero-order valence-electron chi connectivity index (χ0n) is 6.53. The Morgan fingerprint density at radius 3 is 3.00 bits per heavy atom. The van der Waals surface area contributed by atoms with Crippen LogP contribution >= 0.6 is 8.19 Å². The van der Waals surface area contributed by atoms with E-state index in [-0.39, 0.29) is 0 Å². The highest BCUT2D eigenvalue weighted by molar-refractivity contribution is 7.31. The normalized spacial score (nSPS) is 10.4. The first kappa shape index (κ1) is 9.17. The summed E-state index contributed by atoms with van der Waals surface area (Å²) in [5, 5.41) is 9.22. The van der Waals surface area contributed by atoms with Crippen LogP contribution in [0.15, 0.2) is 17.9 Å². The monoisotopic (exact) mass is 183 g/mol. The van der Waals surface area contributed by atoms with Crippen LogP contribution in [0.1, 0.15) is 15.7 Å². The number of aromatic carboxylic acids is 1. The maximum Gasteiger partial charge on any atom is 0.340 e. The molecule has 0 aromatic carbocycles. The van der Waals surface area contributed by atoms with E-state index in [0.717, 1.165) is 13.8 Å².